The van der Waals surface area contributed by atoms with E-state index in [-0.39, 0.29) is 5.91 Å². The Bertz CT molecular complexity index is 978. The predicted molar refractivity (Wildman–Crippen MR) is 94.9 cm³/mol. The Labute approximate surface area is 148 Å². The number of aromatic amines is 1. The third-order valence-corrected chi connectivity index (χ3v) is 4.87. The molecule has 2 N–H and O–H groups in total. The van der Waals surface area contributed by atoms with Crippen molar-refractivity contribution in [3.8, 4) is 0 Å². The summed E-state index contributed by atoms with van der Waals surface area (Å²) in [4.78, 5) is 29.4. The van der Waals surface area contributed by atoms with Gasteiger partial charge in [-0.25, -0.2) is 4.79 Å². The van der Waals surface area contributed by atoms with Crippen molar-refractivity contribution in [3.63, 3.8) is 0 Å². The van der Waals surface area contributed by atoms with Crippen LogP contribution in [0.1, 0.15) is 27.7 Å². The molecule has 0 spiro atoms. The van der Waals surface area contributed by atoms with Gasteiger partial charge in [-0.15, -0.1) is 0 Å². The molecule has 0 aliphatic carbocycles. The van der Waals surface area contributed by atoms with Gasteiger partial charge in [-0.05, 0) is 42.3 Å². The number of halogens is 1. The highest BCUT2D eigenvalue weighted by Gasteiger charge is 2.38. The van der Waals surface area contributed by atoms with Crippen LogP contribution in [0.5, 0.6) is 0 Å². The zero-order chi connectivity index (χ0) is 17.6. The molecule has 0 bridgehead atoms. The van der Waals surface area contributed by atoms with Crippen LogP contribution in [-0.4, -0.2) is 33.4 Å². The number of para-hydroxylation sites is 1. The molecule has 3 aromatic rings. The predicted octanol–water partition coefficient (Wildman–Crippen LogP) is 3.65. The van der Waals surface area contributed by atoms with Crippen molar-refractivity contribution < 1.29 is 14.7 Å². The minimum absolute atomic E-state index is 0.312. The molecule has 0 radical (unpaired) electrons. The van der Waals surface area contributed by atoms with Crippen LogP contribution in [0.4, 0.5) is 0 Å². The molecule has 0 fully saturated rings. The van der Waals surface area contributed by atoms with E-state index in [4.69, 9.17) is 11.6 Å². The zero-order valence-electron chi connectivity index (χ0n) is 13.2. The number of fused-ring (bicyclic) bond motifs is 3. The van der Waals surface area contributed by atoms with Gasteiger partial charge in [0.25, 0.3) is 5.91 Å². The van der Waals surface area contributed by atoms with E-state index < -0.39 is 12.0 Å². The summed E-state index contributed by atoms with van der Waals surface area (Å²) < 4.78 is 0. The molecule has 1 aliphatic rings. The summed E-state index contributed by atoms with van der Waals surface area (Å²) in [7, 11) is 0. The average Bonchev–Trinajstić information content (AvgIpc) is 2.99. The van der Waals surface area contributed by atoms with Gasteiger partial charge in [0.2, 0.25) is 0 Å². The molecule has 2 aromatic carbocycles. The summed E-state index contributed by atoms with van der Waals surface area (Å²) in [6.07, 6.45) is 0.614. The van der Waals surface area contributed by atoms with Crippen molar-refractivity contribution in [2.45, 2.75) is 12.5 Å². The summed E-state index contributed by atoms with van der Waals surface area (Å²) >= 11 is 5.87. The largest absolute Gasteiger partial charge is 0.479 e. The number of aromatic nitrogens is 1. The Hall–Kier alpha value is -2.79. The van der Waals surface area contributed by atoms with Crippen LogP contribution >= 0.6 is 11.6 Å². The standard InChI is InChI=1S/C19H15ClN2O3/c20-12-7-5-11(6-8-12)18(23)22-10-9-14-13-3-1-2-4-15(13)21-16(14)17(22)19(24)25/h1-8,17,21H,9-10H2,(H,24,25). The number of rotatable bonds is 2. The second kappa shape index (κ2) is 5.93. The summed E-state index contributed by atoms with van der Waals surface area (Å²) in [5.41, 5.74) is 2.88. The number of carboxylic acid groups (broad SMARTS) is 1. The van der Waals surface area contributed by atoms with E-state index in [0.29, 0.717) is 29.2 Å². The van der Waals surface area contributed by atoms with Crippen molar-refractivity contribution in [2.75, 3.05) is 6.54 Å². The molecule has 126 valence electrons. The fraction of sp³-hybridized carbons (Fsp3) is 0.158. The number of nitrogens with one attached hydrogen (secondary N) is 1. The van der Waals surface area contributed by atoms with Crippen LogP contribution in [0.2, 0.25) is 5.02 Å². The van der Waals surface area contributed by atoms with E-state index in [2.05, 4.69) is 4.98 Å². The van der Waals surface area contributed by atoms with E-state index in [1.54, 1.807) is 24.3 Å². The van der Waals surface area contributed by atoms with Crippen molar-refractivity contribution in [2.24, 2.45) is 0 Å². The van der Waals surface area contributed by atoms with Crippen LogP contribution in [0.25, 0.3) is 10.9 Å². The molecule has 1 atom stereocenters. The van der Waals surface area contributed by atoms with Gasteiger partial charge in [0.15, 0.2) is 6.04 Å². The maximum Gasteiger partial charge on any atom is 0.332 e. The Morgan fingerprint density at radius 2 is 1.84 bits per heavy atom. The number of hydrogen-bond acceptors (Lipinski definition) is 2. The van der Waals surface area contributed by atoms with Gasteiger partial charge >= 0.3 is 5.97 Å². The van der Waals surface area contributed by atoms with Gasteiger partial charge in [-0.2, -0.15) is 0 Å². The molecule has 1 unspecified atom stereocenters. The first-order valence-corrected chi connectivity index (χ1v) is 8.33. The molecule has 25 heavy (non-hydrogen) atoms. The minimum Gasteiger partial charge on any atom is -0.479 e. The first kappa shape index (κ1) is 15.7. The molecule has 4 rings (SSSR count). The van der Waals surface area contributed by atoms with E-state index in [1.165, 1.54) is 4.90 Å². The lowest BCUT2D eigenvalue weighted by Gasteiger charge is -2.33. The number of aliphatic carboxylic acids is 1. The lowest BCUT2D eigenvalue weighted by molar-refractivity contribution is -0.143. The van der Waals surface area contributed by atoms with E-state index in [1.807, 2.05) is 24.3 Å². The number of benzene rings is 2. The highest BCUT2D eigenvalue weighted by atomic mass is 35.5. The number of nitrogens with zero attached hydrogens (tertiary/aromatic N) is 1. The highest BCUT2D eigenvalue weighted by molar-refractivity contribution is 6.30. The fourth-order valence-electron chi connectivity index (χ4n) is 3.47. The Kier molecular flexibility index (Phi) is 3.73. The van der Waals surface area contributed by atoms with E-state index in [0.717, 1.165) is 16.5 Å². The Morgan fingerprint density at radius 3 is 2.56 bits per heavy atom. The van der Waals surface area contributed by atoms with Gasteiger partial charge in [0.1, 0.15) is 0 Å². The lowest BCUT2D eigenvalue weighted by atomic mass is 9.96. The second-order valence-electron chi connectivity index (χ2n) is 6.06. The van der Waals surface area contributed by atoms with Gasteiger partial charge in [-0.3, -0.25) is 4.79 Å². The smallest absolute Gasteiger partial charge is 0.332 e. The number of carbonyl (C=O) groups excluding carboxylic acids is 1. The van der Waals surface area contributed by atoms with Gasteiger partial charge in [0.05, 0.1) is 5.69 Å². The Morgan fingerprint density at radius 1 is 1.12 bits per heavy atom. The van der Waals surface area contributed by atoms with Crippen LogP contribution in [-0.2, 0) is 11.2 Å². The maximum absolute atomic E-state index is 12.9. The topological polar surface area (TPSA) is 73.4 Å². The summed E-state index contributed by atoms with van der Waals surface area (Å²) in [6.45, 7) is 0.354. The number of amides is 1. The van der Waals surface area contributed by atoms with Crippen LogP contribution < -0.4 is 0 Å². The number of carboxylic acids is 1. The van der Waals surface area contributed by atoms with E-state index in [9.17, 15) is 14.7 Å². The van der Waals surface area contributed by atoms with E-state index >= 15 is 0 Å². The third kappa shape index (κ3) is 2.57. The van der Waals surface area contributed by atoms with Crippen LogP contribution in [0.3, 0.4) is 0 Å². The molecule has 1 amide bonds. The number of H-pyrrole nitrogens is 1. The van der Waals surface area contributed by atoms with Gasteiger partial charge in [-0.1, -0.05) is 29.8 Å². The zero-order valence-corrected chi connectivity index (χ0v) is 14.0. The van der Waals surface area contributed by atoms with Crippen LogP contribution in [0, 0.1) is 0 Å². The second-order valence-corrected chi connectivity index (χ2v) is 6.50. The number of carbonyl (C=O) groups is 2. The molecule has 5 nitrogen and oxygen atoms in total. The lowest BCUT2D eigenvalue weighted by Crippen LogP contribution is -2.43. The van der Waals surface area contributed by atoms with Crippen molar-refractivity contribution in [3.05, 3.63) is 70.4 Å². The SMILES string of the molecule is O=C(O)C1c2[nH]c3ccccc3c2CCN1C(=O)c1ccc(Cl)cc1. The summed E-state index contributed by atoms with van der Waals surface area (Å²) in [6, 6.07) is 13.2. The third-order valence-electron chi connectivity index (χ3n) is 4.62. The normalized spacial score (nSPS) is 16.7. The first-order chi connectivity index (χ1) is 12.1. The molecular weight excluding hydrogens is 340 g/mol. The molecule has 1 aliphatic heterocycles. The van der Waals surface area contributed by atoms with Crippen molar-refractivity contribution in [1.82, 2.24) is 9.88 Å². The number of hydrogen-bond donors (Lipinski definition) is 2. The summed E-state index contributed by atoms with van der Waals surface area (Å²) in [5, 5.41) is 11.3. The van der Waals surface area contributed by atoms with Crippen molar-refractivity contribution in [1.29, 1.82) is 0 Å². The molecule has 6 heteroatoms. The van der Waals surface area contributed by atoms with Crippen LogP contribution in [0.15, 0.2) is 48.5 Å². The molecular formula is C19H15ClN2O3. The Balaban J connectivity index is 1.78. The van der Waals surface area contributed by atoms with Gasteiger partial charge in [0, 0.05) is 28.0 Å². The monoisotopic (exact) mass is 354 g/mol. The van der Waals surface area contributed by atoms with Gasteiger partial charge < -0.3 is 15.0 Å². The van der Waals surface area contributed by atoms with Crippen molar-refractivity contribution >= 4 is 34.4 Å². The molecule has 0 saturated carbocycles. The fourth-order valence-corrected chi connectivity index (χ4v) is 3.60. The summed E-state index contributed by atoms with van der Waals surface area (Å²) in [5.74, 6) is -1.36. The molecule has 2 heterocycles. The molecule has 0 saturated heterocycles. The minimum atomic E-state index is -1.05. The maximum atomic E-state index is 12.9. The quantitative estimate of drug-likeness (QED) is 0.737. The first-order valence-electron chi connectivity index (χ1n) is 7.95. The molecule has 1 aromatic heterocycles. The average molecular weight is 355 g/mol. The highest BCUT2D eigenvalue weighted by Crippen LogP contribution is 2.35.